The Morgan fingerprint density at radius 1 is 0.588 bits per heavy atom. The first kappa shape index (κ1) is 52.9. The average molecular weight is 939 g/mol. The van der Waals surface area contributed by atoms with Crippen LogP contribution in [0.2, 0.25) is 0 Å². The minimum atomic E-state index is -1.12. The van der Waals surface area contributed by atoms with E-state index in [0.717, 1.165) is 83.0 Å². The Morgan fingerprint density at radius 2 is 1.00 bits per heavy atom. The second-order valence-corrected chi connectivity index (χ2v) is 24.6. The summed E-state index contributed by atoms with van der Waals surface area (Å²) in [6.07, 6.45) is 22.5. The van der Waals surface area contributed by atoms with Crippen LogP contribution in [0.3, 0.4) is 0 Å². The van der Waals surface area contributed by atoms with Crippen LogP contribution >= 0.6 is 0 Å². The van der Waals surface area contributed by atoms with Crippen molar-refractivity contribution in [3.05, 3.63) is 23.8 Å². The second kappa shape index (κ2) is 19.2. The summed E-state index contributed by atoms with van der Waals surface area (Å²) in [6, 6.07) is 0. The van der Waals surface area contributed by atoms with Gasteiger partial charge >= 0.3 is 30.8 Å². The molecule has 8 aliphatic carbocycles. The first-order valence-corrected chi connectivity index (χ1v) is 25.8. The smallest absolute Gasteiger partial charge is 0.870 e. The fourth-order valence-electron chi connectivity index (χ4n) is 17.6. The molecule has 16 atom stereocenters. The molecule has 0 spiro atoms. The van der Waals surface area contributed by atoms with Crippen molar-refractivity contribution in [2.75, 3.05) is 6.61 Å². The van der Waals surface area contributed by atoms with E-state index in [-0.39, 0.29) is 89.7 Å². The zero-order valence-electron chi connectivity index (χ0n) is 42.3. The number of carboxylic acids is 1. The molecule has 15 nitrogen and oxygen atoms in total. The zero-order chi connectivity index (χ0) is 47.2. The number of aliphatic hydroxyl groups is 2. The summed E-state index contributed by atoms with van der Waals surface area (Å²) in [5, 5.41) is 45.9. The molecule has 2 aromatic heterocycles. The maximum atomic E-state index is 13.5. The third-order valence-electron chi connectivity index (χ3n) is 21.1. The Labute approximate surface area is 414 Å². The van der Waals surface area contributed by atoms with E-state index in [4.69, 9.17) is 9.84 Å². The SMILES string of the molecule is CCOC(=O)c1cn(CC(=O)[C@H]2CC[C@H]3[C@@H]4CC[C@@H]5C[C@](C)(O)CC[C@]5(C)[C@H]4CC[C@]23C)nn1.C[C@@]1(O)CC[C@@]2(C)[C@H](CC[C@@H]3[C@@H]2CC[C@]2(C)[C@@H](C(=O)Cn4cc(C(=O)O)nn4)CC[C@@H]32)C1.[Li+].[OH-]. The van der Waals surface area contributed by atoms with Gasteiger partial charge < -0.3 is 25.5 Å². The van der Waals surface area contributed by atoms with Crippen molar-refractivity contribution >= 4 is 23.5 Å². The van der Waals surface area contributed by atoms with Gasteiger partial charge in [-0.15, -0.1) is 10.2 Å². The zero-order valence-corrected chi connectivity index (χ0v) is 42.3. The minimum Gasteiger partial charge on any atom is -0.870 e. The molecule has 372 valence electrons. The van der Waals surface area contributed by atoms with Gasteiger partial charge in [-0.25, -0.2) is 19.0 Å². The van der Waals surface area contributed by atoms with E-state index in [9.17, 15) is 29.4 Å². The molecule has 0 aliphatic heterocycles. The fraction of sp³-hybridized carbons (Fsp3) is 0.846. The van der Waals surface area contributed by atoms with Gasteiger partial charge in [-0.05, 0) is 205 Å². The summed E-state index contributed by atoms with van der Waals surface area (Å²) in [7, 11) is 0. The number of hydrogen-bond acceptors (Lipinski definition) is 12. The van der Waals surface area contributed by atoms with Crippen LogP contribution in [0.1, 0.15) is 185 Å². The third-order valence-corrected chi connectivity index (χ3v) is 21.1. The number of ether oxygens (including phenoxy) is 1. The van der Waals surface area contributed by atoms with E-state index in [1.807, 2.05) is 13.8 Å². The molecule has 8 fully saturated rings. The third kappa shape index (κ3) is 9.24. The van der Waals surface area contributed by atoms with E-state index in [1.165, 1.54) is 60.3 Å². The number of ketones is 2. The Hall–Kier alpha value is -2.96. The molecular formula is C52H79LiN6O9. The number of carbonyl (C=O) groups is 4. The van der Waals surface area contributed by atoms with Crippen LogP contribution in [0.15, 0.2) is 12.4 Å². The summed E-state index contributed by atoms with van der Waals surface area (Å²) in [6.45, 7) is 16.1. The fourth-order valence-corrected chi connectivity index (χ4v) is 17.6. The van der Waals surface area contributed by atoms with Crippen LogP contribution in [-0.2, 0) is 27.4 Å². The number of carbonyl (C=O) groups excluding carboxylic acids is 3. The van der Waals surface area contributed by atoms with Crippen molar-refractivity contribution < 1.29 is 63.6 Å². The molecule has 68 heavy (non-hydrogen) atoms. The van der Waals surface area contributed by atoms with E-state index < -0.39 is 23.1 Å². The van der Waals surface area contributed by atoms with Crippen LogP contribution in [0, 0.1) is 80.8 Å². The summed E-state index contributed by atoms with van der Waals surface area (Å²) in [5.74, 6) is 4.07. The van der Waals surface area contributed by atoms with Crippen LogP contribution in [0.5, 0.6) is 0 Å². The van der Waals surface area contributed by atoms with Gasteiger partial charge in [0.1, 0.15) is 13.1 Å². The summed E-state index contributed by atoms with van der Waals surface area (Å²) >= 11 is 0. The number of fused-ring (bicyclic) bond motifs is 10. The second-order valence-electron chi connectivity index (χ2n) is 24.6. The van der Waals surface area contributed by atoms with Gasteiger partial charge in [-0.2, -0.15) is 0 Å². The van der Waals surface area contributed by atoms with Crippen molar-refractivity contribution in [2.45, 2.75) is 188 Å². The van der Waals surface area contributed by atoms with Gasteiger partial charge in [-0.1, -0.05) is 38.1 Å². The van der Waals surface area contributed by atoms with Crippen molar-refractivity contribution in [3.8, 4) is 0 Å². The van der Waals surface area contributed by atoms with Gasteiger partial charge in [0.15, 0.2) is 23.0 Å². The maximum Gasteiger partial charge on any atom is 1.00 e. The first-order chi connectivity index (χ1) is 31.1. The number of hydrogen-bond donors (Lipinski definition) is 3. The Kier molecular flexibility index (Phi) is 14.9. The van der Waals surface area contributed by atoms with Crippen molar-refractivity contribution in [1.29, 1.82) is 0 Å². The van der Waals surface area contributed by atoms with Crippen molar-refractivity contribution in [1.82, 2.24) is 30.0 Å². The molecule has 0 amide bonds. The number of carboxylic acid groups (broad SMARTS) is 1. The largest absolute Gasteiger partial charge is 1.00 e. The Morgan fingerprint density at radius 3 is 1.41 bits per heavy atom. The monoisotopic (exact) mass is 939 g/mol. The van der Waals surface area contributed by atoms with E-state index in [2.05, 4.69) is 48.3 Å². The molecular weight excluding hydrogens is 860 g/mol. The predicted octanol–water partition coefficient (Wildman–Crippen LogP) is 5.22. The van der Waals surface area contributed by atoms with Crippen LogP contribution < -0.4 is 18.9 Å². The normalized spacial score (nSPS) is 43.2. The van der Waals surface area contributed by atoms with Gasteiger partial charge in [0.05, 0.1) is 30.2 Å². The molecule has 0 saturated heterocycles. The molecule has 4 N–H and O–H groups in total. The number of rotatable bonds is 9. The molecule has 0 bridgehead atoms. The van der Waals surface area contributed by atoms with Crippen LogP contribution in [0.4, 0.5) is 0 Å². The molecule has 0 unspecified atom stereocenters. The predicted molar refractivity (Wildman–Crippen MR) is 247 cm³/mol. The topological polar surface area (TPSA) is 230 Å². The first-order valence-electron chi connectivity index (χ1n) is 25.8. The van der Waals surface area contributed by atoms with Gasteiger partial charge in [0.2, 0.25) is 0 Å². The van der Waals surface area contributed by atoms with E-state index in [0.29, 0.717) is 52.3 Å². The van der Waals surface area contributed by atoms with Gasteiger partial charge in [-0.3, -0.25) is 9.59 Å². The number of nitrogens with zero attached hydrogens (tertiary/aromatic N) is 6. The molecule has 8 aliphatic rings. The van der Waals surface area contributed by atoms with Gasteiger partial charge in [0, 0.05) is 11.8 Å². The minimum absolute atomic E-state index is 0. The van der Waals surface area contributed by atoms with E-state index in [1.54, 1.807) is 6.92 Å². The number of aromatic nitrogens is 6. The molecule has 10 rings (SSSR count). The van der Waals surface area contributed by atoms with Crippen LogP contribution in [-0.4, -0.2) is 92.1 Å². The molecule has 0 aromatic carbocycles. The quantitative estimate of drug-likeness (QED) is 0.217. The molecule has 2 aromatic rings. The van der Waals surface area contributed by atoms with Crippen molar-refractivity contribution in [2.24, 2.45) is 80.8 Å². The number of Topliss-reactive ketones (excluding diaryl/α,β-unsaturated/α-hetero) is 2. The van der Waals surface area contributed by atoms with Crippen molar-refractivity contribution in [3.63, 3.8) is 0 Å². The number of aromatic carboxylic acids is 1. The molecule has 16 heteroatoms. The Balaban J connectivity index is 0.000000196. The number of esters is 1. The van der Waals surface area contributed by atoms with Gasteiger partial charge in [0.25, 0.3) is 0 Å². The summed E-state index contributed by atoms with van der Waals surface area (Å²) < 4.78 is 7.87. The molecule has 0 radical (unpaired) electrons. The standard InChI is InChI=1S/C27H41N3O4.C25H37N3O4.Li.H2O/c1-5-34-24(32)22-15-30(29-28-22)16-23(31)21-9-8-19-18-7-6-17-14-25(2,33)12-13-26(17,3)20(18)10-11-27(19,21)4;1-23(32)10-11-24(2)15(12-23)4-5-16-17-6-7-19(25(17,3)9-8-18(16)24)21(29)14-28-13-20(22(30)31)26-27-28;;/h15,17-21,33H,5-14,16H2,1-4H3;13,15-19,32H,4-12,14H2,1-3H3,(H,30,31);;1H2/q;;+1;/p-1/t17-,18+,19+,20+,21-,25-,26+,27+;15-,16+,17+,18+,19-,23-,24+,25+;;/m11../s1. The molecule has 2 heterocycles. The maximum absolute atomic E-state index is 13.5. The summed E-state index contributed by atoms with van der Waals surface area (Å²) in [5.41, 5.74) is -0.245. The molecule has 8 saturated carbocycles. The van der Waals surface area contributed by atoms with Crippen LogP contribution in [0.25, 0.3) is 0 Å². The average Bonchev–Trinajstić information content (AvgIpc) is 4.07. The summed E-state index contributed by atoms with van der Waals surface area (Å²) in [4.78, 5) is 49.8. The van der Waals surface area contributed by atoms with E-state index >= 15 is 0 Å². The Bertz CT molecular complexity index is 2190.